The van der Waals surface area contributed by atoms with Gasteiger partial charge in [0.2, 0.25) is 0 Å². The summed E-state index contributed by atoms with van der Waals surface area (Å²) in [6.45, 7) is 0.965. The van der Waals surface area contributed by atoms with Gasteiger partial charge in [-0.05, 0) is 54.9 Å². The first-order chi connectivity index (χ1) is 14.2. The molecule has 0 fully saturated rings. The third-order valence-electron chi connectivity index (χ3n) is 4.82. The van der Waals surface area contributed by atoms with Gasteiger partial charge >= 0.3 is 6.18 Å². The van der Waals surface area contributed by atoms with Gasteiger partial charge in [0.15, 0.2) is 0 Å². The Bertz CT molecular complexity index is 972. The third-order valence-corrected chi connectivity index (χ3v) is 4.82. The van der Waals surface area contributed by atoms with E-state index in [9.17, 15) is 22.4 Å². The lowest BCUT2D eigenvalue weighted by atomic mass is 10.0. The molecule has 160 valence electrons. The molecule has 1 amide bonds. The maximum absolute atomic E-state index is 13.7. The smallest absolute Gasteiger partial charge is 0.343 e. The number of benzene rings is 1. The van der Waals surface area contributed by atoms with Crippen LogP contribution in [0.15, 0.2) is 47.8 Å². The molecular formula is C21H22F4N4O. The standard InChI is InChI=1S/C21H22F4N4O/c1-26-12-17-18(4-6-29(2)20(17)30)28-19-10-13(3-5-27-19)7-14-8-15(21(23,24)25)11-16(22)9-14/h3,5,8-11,26H,4,6-7,12H2,1-2H3,(H,27,28). The number of nitrogens with one attached hydrogen (secondary N) is 2. The molecule has 1 aliphatic heterocycles. The summed E-state index contributed by atoms with van der Waals surface area (Å²) in [5.74, 6) is -0.534. The zero-order valence-electron chi connectivity index (χ0n) is 16.6. The van der Waals surface area contributed by atoms with E-state index >= 15 is 0 Å². The van der Waals surface area contributed by atoms with E-state index in [4.69, 9.17) is 0 Å². The zero-order chi connectivity index (χ0) is 21.9. The highest BCUT2D eigenvalue weighted by Gasteiger charge is 2.31. The molecule has 0 spiro atoms. The van der Waals surface area contributed by atoms with Gasteiger partial charge in [-0.2, -0.15) is 13.2 Å². The Morgan fingerprint density at radius 1 is 1.17 bits per heavy atom. The summed E-state index contributed by atoms with van der Waals surface area (Å²) < 4.78 is 52.5. The van der Waals surface area contributed by atoms with Gasteiger partial charge < -0.3 is 15.5 Å². The molecule has 0 aliphatic carbocycles. The summed E-state index contributed by atoms with van der Waals surface area (Å²) >= 11 is 0. The number of nitrogens with zero attached hydrogens (tertiary/aromatic N) is 2. The molecule has 0 bridgehead atoms. The number of amides is 1. The highest BCUT2D eigenvalue weighted by molar-refractivity contribution is 5.96. The molecule has 2 N–H and O–H groups in total. The normalized spacial score (nSPS) is 15.0. The van der Waals surface area contributed by atoms with Crippen molar-refractivity contribution in [2.75, 3.05) is 32.5 Å². The first kappa shape index (κ1) is 21.8. The van der Waals surface area contributed by atoms with Gasteiger partial charge in [-0.25, -0.2) is 9.37 Å². The Morgan fingerprint density at radius 3 is 2.63 bits per heavy atom. The number of rotatable bonds is 6. The highest BCUT2D eigenvalue weighted by atomic mass is 19.4. The molecular weight excluding hydrogens is 400 g/mol. The van der Waals surface area contributed by atoms with Crippen LogP contribution in [0.4, 0.5) is 23.4 Å². The number of pyridine rings is 1. The molecule has 1 aliphatic rings. The number of anilines is 1. The number of likely N-dealkylation sites (N-methyl/N-ethyl adjacent to an activating group) is 2. The van der Waals surface area contributed by atoms with Gasteiger partial charge in [0.25, 0.3) is 5.91 Å². The van der Waals surface area contributed by atoms with Crippen LogP contribution >= 0.6 is 0 Å². The van der Waals surface area contributed by atoms with Crippen molar-refractivity contribution < 1.29 is 22.4 Å². The van der Waals surface area contributed by atoms with Gasteiger partial charge in [-0.15, -0.1) is 0 Å². The molecule has 5 nitrogen and oxygen atoms in total. The van der Waals surface area contributed by atoms with Gasteiger partial charge in [-0.1, -0.05) is 0 Å². The molecule has 2 aromatic rings. The summed E-state index contributed by atoms with van der Waals surface area (Å²) in [4.78, 5) is 18.3. The predicted octanol–water partition coefficient (Wildman–Crippen LogP) is 3.58. The topological polar surface area (TPSA) is 57.3 Å². The summed E-state index contributed by atoms with van der Waals surface area (Å²) in [6.07, 6.45) is -2.35. The van der Waals surface area contributed by atoms with Crippen LogP contribution in [-0.4, -0.2) is 43.0 Å². The minimum absolute atomic E-state index is 0.0753. The summed E-state index contributed by atoms with van der Waals surface area (Å²) in [7, 11) is 3.49. The lowest BCUT2D eigenvalue weighted by Crippen LogP contribution is -2.38. The van der Waals surface area contributed by atoms with Crippen molar-refractivity contribution in [3.63, 3.8) is 0 Å². The monoisotopic (exact) mass is 422 g/mol. The number of aromatic nitrogens is 1. The second-order valence-corrected chi connectivity index (χ2v) is 7.16. The van der Waals surface area contributed by atoms with Crippen molar-refractivity contribution in [2.24, 2.45) is 0 Å². The second kappa shape index (κ2) is 8.83. The van der Waals surface area contributed by atoms with Gasteiger partial charge in [0, 0.05) is 38.5 Å². The minimum Gasteiger partial charge on any atom is -0.343 e. The molecule has 0 atom stereocenters. The summed E-state index contributed by atoms with van der Waals surface area (Å²) in [6, 6.07) is 5.86. The maximum atomic E-state index is 13.7. The first-order valence-corrected chi connectivity index (χ1v) is 9.38. The van der Waals surface area contributed by atoms with Crippen molar-refractivity contribution in [2.45, 2.75) is 19.0 Å². The largest absolute Gasteiger partial charge is 0.416 e. The second-order valence-electron chi connectivity index (χ2n) is 7.16. The van der Waals surface area contributed by atoms with Crippen LogP contribution in [0, 0.1) is 5.82 Å². The van der Waals surface area contributed by atoms with E-state index in [1.165, 1.54) is 6.20 Å². The van der Waals surface area contributed by atoms with Crippen LogP contribution in [0.25, 0.3) is 0 Å². The van der Waals surface area contributed by atoms with E-state index in [1.54, 1.807) is 31.1 Å². The van der Waals surface area contributed by atoms with Crippen molar-refractivity contribution in [1.82, 2.24) is 15.2 Å². The van der Waals surface area contributed by atoms with E-state index in [0.29, 0.717) is 42.5 Å². The van der Waals surface area contributed by atoms with Crippen molar-refractivity contribution in [1.29, 1.82) is 0 Å². The molecule has 0 saturated carbocycles. The van der Waals surface area contributed by atoms with Crippen LogP contribution in [0.3, 0.4) is 0 Å². The quantitative estimate of drug-likeness (QED) is 0.699. The van der Waals surface area contributed by atoms with Crippen LogP contribution in [0.2, 0.25) is 0 Å². The molecule has 0 saturated heterocycles. The maximum Gasteiger partial charge on any atom is 0.416 e. The lowest BCUT2D eigenvalue weighted by molar-refractivity contribution is -0.137. The molecule has 2 heterocycles. The predicted molar refractivity (Wildman–Crippen MR) is 105 cm³/mol. The van der Waals surface area contributed by atoms with Crippen LogP contribution < -0.4 is 10.6 Å². The average Bonchev–Trinajstić information content (AvgIpc) is 2.67. The molecule has 3 rings (SSSR count). The average molecular weight is 422 g/mol. The zero-order valence-corrected chi connectivity index (χ0v) is 16.6. The fourth-order valence-corrected chi connectivity index (χ4v) is 3.35. The van der Waals surface area contributed by atoms with E-state index < -0.39 is 17.6 Å². The number of carbonyl (C=O) groups is 1. The van der Waals surface area contributed by atoms with E-state index in [2.05, 4.69) is 15.6 Å². The van der Waals surface area contributed by atoms with Crippen LogP contribution in [0.5, 0.6) is 0 Å². The Kier molecular flexibility index (Phi) is 6.40. The van der Waals surface area contributed by atoms with Crippen LogP contribution in [0.1, 0.15) is 23.1 Å². The third kappa shape index (κ3) is 5.15. The molecule has 0 unspecified atom stereocenters. The SMILES string of the molecule is CNCC1=C(Nc2cc(Cc3cc(F)cc(C(F)(F)F)c3)ccn2)CCN(C)C1=O. The van der Waals surface area contributed by atoms with Crippen molar-refractivity contribution in [3.05, 3.63) is 70.3 Å². The Morgan fingerprint density at radius 2 is 1.93 bits per heavy atom. The van der Waals surface area contributed by atoms with Crippen molar-refractivity contribution in [3.8, 4) is 0 Å². The fourth-order valence-electron chi connectivity index (χ4n) is 3.35. The highest BCUT2D eigenvalue weighted by Crippen LogP contribution is 2.31. The summed E-state index contributed by atoms with van der Waals surface area (Å²) in [5, 5.41) is 6.14. The molecule has 1 aromatic heterocycles. The fraction of sp³-hybridized carbons (Fsp3) is 0.333. The number of alkyl halides is 3. The lowest BCUT2D eigenvalue weighted by Gasteiger charge is -2.28. The number of hydrogen-bond acceptors (Lipinski definition) is 4. The molecule has 30 heavy (non-hydrogen) atoms. The minimum atomic E-state index is -4.61. The Labute approximate surface area is 171 Å². The molecule has 1 aromatic carbocycles. The van der Waals surface area contributed by atoms with E-state index in [0.717, 1.165) is 17.8 Å². The number of carbonyl (C=O) groups excluding carboxylic acids is 1. The van der Waals surface area contributed by atoms with E-state index in [1.807, 2.05) is 0 Å². The Hall–Kier alpha value is -2.94. The number of hydrogen-bond donors (Lipinski definition) is 2. The Balaban J connectivity index is 1.84. The number of halogens is 4. The van der Waals surface area contributed by atoms with Gasteiger partial charge in [0.1, 0.15) is 11.6 Å². The van der Waals surface area contributed by atoms with E-state index in [-0.39, 0.29) is 17.9 Å². The molecule has 0 radical (unpaired) electrons. The molecule has 9 heteroatoms. The summed E-state index contributed by atoms with van der Waals surface area (Å²) in [5.41, 5.74) is 1.22. The van der Waals surface area contributed by atoms with Crippen LogP contribution in [-0.2, 0) is 17.4 Å². The first-order valence-electron chi connectivity index (χ1n) is 9.38. The van der Waals surface area contributed by atoms with Crippen molar-refractivity contribution >= 4 is 11.7 Å². The van der Waals surface area contributed by atoms with Gasteiger partial charge in [0.05, 0.1) is 11.1 Å². The van der Waals surface area contributed by atoms with Gasteiger partial charge in [-0.3, -0.25) is 4.79 Å².